The van der Waals surface area contributed by atoms with Crippen molar-refractivity contribution >= 4 is 11.6 Å². The molecule has 0 aromatic carbocycles. The van der Waals surface area contributed by atoms with Crippen molar-refractivity contribution in [1.29, 1.82) is 0 Å². The Morgan fingerprint density at radius 2 is 2.17 bits per heavy atom. The number of nitrogens with zero attached hydrogens (tertiary/aromatic N) is 2. The summed E-state index contributed by atoms with van der Waals surface area (Å²) in [6.45, 7) is 1.27. The minimum absolute atomic E-state index is 0.309. The molecule has 96 valence electrons. The first-order chi connectivity index (χ1) is 8.81. The first-order valence-electron chi connectivity index (χ1n) is 6.59. The third-order valence-corrected chi connectivity index (χ3v) is 4.54. The van der Waals surface area contributed by atoms with Gasteiger partial charge in [0, 0.05) is 17.9 Å². The fraction of sp³-hybridized carbons (Fsp3) is 0.692. The quantitative estimate of drug-likeness (QED) is 0.732. The van der Waals surface area contributed by atoms with Gasteiger partial charge in [-0.15, -0.1) is 0 Å². The number of halogens is 1. The zero-order valence-corrected chi connectivity index (χ0v) is 10.8. The molecule has 0 N–H and O–H groups in total. The SMILES string of the molecule is Clc1nc(C2CC3CCC2O3)nc2c1COCC2. The summed E-state index contributed by atoms with van der Waals surface area (Å²) >= 11 is 6.26. The highest BCUT2D eigenvalue weighted by Crippen LogP contribution is 2.43. The molecule has 3 atom stereocenters. The second-order valence-corrected chi connectivity index (χ2v) is 5.67. The average molecular weight is 267 g/mol. The molecule has 2 bridgehead atoms. The standard InChI is InChI=1S/C13H15ClN2O2/c14-12-9-6-17-4-3-10(9)15-13(16-12)8-5-7-1-2-11(8)18-7/h7-8,11H,1-6H2. The van der Waals surface area contributed by atoms with E-state index < -0.39 is 0 Å². The minimum atomic E-state index is 0.309. The Kier molecular flexibility index (Phi) is 2.57. The van der Waals surface area contributed by atoms with Crippen LogP contribution in [-0.4, -0.2) is 28.8 Å². The van der Waals surface area contributed by atoms with Gasteiger partial charge in [-0.25, -0.2) is 9.97 Å². The average Bonchev–Trinajstić information content (AvgIpc) is 3.01. The highest BCUT2D eigenvalue weighted by molar-refractivity contribution is 6.30. The van der Waals surface area contributed by atoms with Crippen molar-refractivity contribution in [2.24, 2.45) is 0 Å². The maximum absolute atomic E-state index is 6.26. The molecule has 4 nitrogen and oxygen atoms in total. The van der Waals surface area contributed by atoms with Gasteiger partial charge in [-0.05, 0) is 19.3 Å². The minimum Gasteiger partial charge on any atom is -0.376 e. The second-order valence-electron chi connectivity index (χ2n) is 5.32. The lowest BCUT2D eigenvalue weighted by atomic mass is 9.88. The van der Waals surface area contributed by atoms with Crippen molar-refractivity contribution < 1.29 is 9.47 Å². The van der Waals surface area contributed by atoms with Crippen LogP contribution in [0.2, 0.25) is 5.15 Å². The molecule has 18 heavy (non-hydrogen) atoms. The number of ether oxygens (including phenoxy) is 2. The van der Waals surface area contributed by atoms with Crippen LogP contribution in [0.5, 0.6) is 0 Å². The second kappa shape index (κ2) is 4.15. The Bertz CT molecular complexity index is 494. The van der Waals surface area contributed by atoms with Gasteiger partial charge < -0.3 is 9.47 Å². The lowest BCUT2D eigenvalue weighted by Gasteiger charge is -2.21. The molecular weight excluding hydrogens is 252 g/mol. The zero-order chi connectivity index (χ0) is 12.1. The largest absolute Gasteiger partial charge is 0.376 e. The predicted molar refractivity (Wildman–Crippen MR) is 65.7 cm³/mol. The summed E-state index contributed by atoms with van der Waals surface area (Å²) < 4.78 is 11.3. The Morgan fingerprint density at radius 3 is 2.94 bits per heavy atom. The van der Waals surface area contributed by atoms with Crippen LogP contribution in [0.1, 0.15) is 42.3 Å². The van der Waals surface area contributed by atoms with E-state index in [1.54, 1.807) is 0 Å². The van der Waals surface area contributed by atoms with Crippen LogP contribution in [-0.2, 0) is 22.5 Å². The van der Waals surface area contributed by atoms with E-state index in [2.05, 4.69) is 4.98 Å². The van der Waals surface area contributed by atoms with E-state index >= 15 is 0 Å². The van der Waals surface area contributed by atoms with E-state index in [1.165, 1.54) is 6.42 Å². The summed E-state index contributed by atoms with van der Waals surface area (Å²) in [5, 5.41) is 0.567. The Morgan fingerprint density at radius 1 is 1.22 bits per heavy atom. The van der Waals surface area contributed by atoms with Crippen molar-refractivity contribution in [1.82, 2.24) is 9.97 Å². The van der Waals surface area contributed by atoms with E-state index in [0.29, 0.717) is 29.9 Å². The molecule has 2 fully saturated rings. The van der Waals surface area contributed by atoms with Crippen molar-refractivity contribution in [3.8, 4) is 0 Å². The van der Waals surface area contributed by atoms with Crippen LogP contribution in [0, 0.1) is 0 Å². The van der Waals surface area contributed by atoms with Crippen molar-refractivity contribution in [3.05, 3.63) is 22.2 Å². The summed E-state index contributed by atoms with van der Waals surface area (Å²) in [7, 11) is 0. The third-order valence-electron chi connectivity index (χ3n) is 4.23. The first-order valence-corrected chi connectivity index (χ1v) is 6.97. The van der Waals surface area contributed by atoms with Crippen LogP contribution in [0.25, 0.3) is 0 Å². The van der Waals surface area contributed by atoms with Crippen molar-refractivity contribution in [2.75, 3.05) is 6.61 Å². The predicted octanol–water partition coefficient (Wildman–Crippen LogP) is 2.24. The summed E-state index contributed by atoms with van der Waals surface area (Å²) in [5.41, 5.74) is 2.04. The Hall–Kier alpha value is -0.710. The monoisotopic (exact) mass is 266 g/mol. The third kappa shape index (κ3) is 1.67. The molecule has 5 heteroatoms. The van der Waals surface area contributed by atoms with E-state index in [0.717, 1.165) is 43.0 Å². The van der Waals surface area contributed by atoms with Gasteiger partial charge in [-0.1, -0.05) is 11.6 Å². The maximum Gasteiger partial charge on any atom is 0.138 e. The molecule has 0 amide bonds. The number of hydrogen-bond acceptors (Lipinski definition) is 4. The zero-order valence-electron chi connectivity index (χ0n) is 10.1. The lowest BCUT2D eigenvalue weighted by molar-refractivity contribution is 0.0992. The van der Waals surface area contributed by atoms with Gasteiger partial charge in [-0.2, -0.15) is 0 Å². The van der Waals surface area contributed by atoms with Crippen LogP contribution in [0.4, 0.5) is 0 Å². The summed E-state index contributed by atoms with van der Waals surface area (Å²) in [6, 6.07) is 0. The fourth-order valence-corrected chi connectivity index (χ4v) is 3.54. The van der Waals surface area contributed by atoms with Crippen LogP contribution < -0.4 is 0 Å². The molecule has 1 aromatic rings. The number of aromatic nitrogens is 2. The molecule has 0 spiro atoms. The Balaban J connectivity index is 1.71. The molecule has 2 saturated heterocycles. The van der Waals surface area contributed by atoms with Gasteiger partial charge in [0.2, 0.25) is 0 Å². The molecule has 1 aromatic heterocycles. The van der Waals surface area contributed by atoms with E-state index in [4.69, 9.17) is 26.1 Å². The van der Waals surface area contributed by atoms with Crippen LogP contribution >= 0.6 is 11.6 Å². The maximum atomic E-state index is 6.26. The molecule has 0 saturated carbocycles. The van der Waals surface area contributed by atoms with Gasteiger partial charge >= 0.3 is 0 Å². The number of hydrogen-bond donors (Lipinski definition) is 0. The van der Waals surface area contributed by atoms with Crippen LogP contribution in [0.3, 0.4) is 0 Å². The van der Waals surface area contributed by atoms with Gasteiger partial charge in [0.25, 0.3) is 0 Å². The van der Waals surface area contributed by atoms with Gasteiger partial charge in [-0.3, -0.25) is 0 Å². The Labute approximate surface area is 111 Å². The van der Waals surface area contributed by atoms with Gasteiger partial charge in [0.1, 0.15) is 11.0 Å². The van der Waals surface area contributed by atoms with Gasteiger partial charge in [0.15, 0.2) is 0 Å². The summed E-state index contributed by atoms with van der Waals surface area (Å²) in [6.07, 6.45) is 4.94. The molecule has 0 radical (unpaired) electrons. The normalized spacial score (nSPS) is 33.7. The van der Waals surface area contributed by atoms with Crippen molar-refractivity contribution in [2.45, 2.75) is 50.4 Å². The smallest absolute Gasteiger partial charge is 0.138 e. The van der Waals surface area contributed by atoms with E-state index in [9.17, 15) is 0 Å². The summed E-state index contributed by atoms with van der Waals surface area (Å²) in [5.74, 6) is 1.22. The molecule has 3 unspecified atom stereocenters. The van der Waals surface area contributed by atoms with Gasteiger partial charge in [0.05, 0.1) is 31.1 Å². The van der Waals surface area contributed by atoms with E-state index in [1.807, 2.05) is 0 Å². The molecule has 3 aliphatic heterocycles. The highest BCUT2D eigenvalue weighted by Gasteiger charge is 2.43. The number of fused-ring (bicyclic) bond motifs is 3. The highest BCUT2D eigenvalue weighted by atomic mass is 35.5. The first kappa shape index (κ1) is 11.1. The van der Waals surface area contributed by atoms with Crippen LogP contribution in [0.15, 0.2) is 0 Å². The fourth-order valence-electron chi connectivity index (χ4n) is 3.29. The molecule has 4 rings (SSSR count). The molecule has 4 heterocycles. The van der Waals surface area contributed by atoms with Crippen molar-refractivity contribution in [3.63, 3.8) is 0 Å². The molecule has 0 aliphatic carbocycles. The summed E-state index contributed by atoms with van der Waals surface area (Å²) in [4.78, 5) is 9.20. The topological polar surface area (TPSA) is 44.2 Å². The number of rotatable bonds is 1. The molecule has 3 aliphatic rings. The van der Waals surface area contributed by atoms with E-state index in [-0.39, 0.29) is 0 Å². The lowest BCUT2D eigenvalue weighted by Crippen LogP contribution is -2.21. The molecular formula is C13H15ClN2O2.